The Morgan fingerprint density at radius 1 is 0.915 bits per heavy atom. The van der Waals surface area contributed by atoms with Gasteiger partial charge in [0.15, 0.2) is 0 Å². The van der Waals surface area contributed by atoms with Gasteiger partial charge in [0.25, 0.3) is 0 Å². The van der Waals surface area contributed by atoms with E-state index < -0.39 is 35.9 Å². The number of para-hydroxylation sites is 1. The fraction of sp³-hybridized carbons (Fsp3) is 0.333. The monoisotopic (exact) mass is 859 g/mol. The van der Waals surface area contributed by atoms with E-state index in [9.17, 15) is 24.3 Å². The maximum Gasteiger partial charge on any atom is 0.337 e. The molecule has 3 amide bonds. The first kappa shape index (κ1) is 43.5. The van der Waals surface area contributed by atoms with Gasteiger partial charge in [-0.2, -0.15) is 0 Å². The van der Waals surface area contributed by atoms with Gasteiger partial charge in [0.05, 0.1) is 27.3 Å². The third-order valence-corrected chi connectivity index (χ3v) is 12.3. The zero-order valence-corrected chi connectivity index (χ0v) is 34.8. The second-order valence-electron chi connectivity index (χ2n) is 14.3. The number of hydrogen-bond acceptors (Lipinski definition) is 10. The van der Waals surface area contributed by atoms with Crippen LogP contribution in [0.15, 0.2) is 83.1 Å². The fourth-order valence-corrected chi connectivity index (χ4v) is 8.74. The molecule has 59 heavy (non-hydrogen) atoms. The number of nitrogens with one attached hydrogen (secondary N) is 4. The Balaban J connectivity index is 1.49. The molecule has 2 aromatic heterocycles. The molecule has 0 aliphatic carbocycles. The van der Waals surface area contributed by atoms with Crippen molar-refractivity contribution in [3.63, 3.8) is 0 Å². The van der Waals surface area contributed by atoms with Crippen molar-refractivity contribution in [2.24, 2.45) is 11.5 Å². The van der Waals surface area contributed by atoms with Crippen LogP contribution in [0.25, 0.3) is 22.0 Å². The summed E-state index contributed by atoms with van der Waals surface area (Å²) in [6, 6.07) is 13.1. The van der Waals surface area contributed by atoms with Gasteiger partial charge in [-0.25, -0.2) is 9.78 Å². The molecular formula is C42H47Cl2N9O5S. The molecule has 0 fully saturated rings. The van der Waals surface area contributed by atoms with Crippen molar-refractivity contribution >= 4 is 69.6 Å². The minimum Gasteiger partial charge on any atom is -0.478 e. The number of carboxylic acids is 1. The summed E-state index contributed by atoms with van der Waals surface area (Å²) in [5.41, 5.74) is 15.7. The molecule has 3 heterocycles. The minimum atomic E-state index is -1.17. The second kappa shape index (κ2) is 20.3. The summed E-state index contributed by atoms with van der Waals surface area (Å²) in [5, 5.41) is 20.9. The van der Waals surface area contributed by atoms with Crippen molar-refractivity contribution in [3.8, 4) is 11.1 Å². The molecule has 1 aliphatic heterocycles. The summed E-state index contributed by atoms with van der Waals surface area (Å²) in [4.78, 5) is 69.7. The molecule has 0 saturated carbocycles. The summed E-state index contributed by atoms with van der Waals surface area (Å²) in [6.07, 6.45) is 7.53. The van der Waals surface area contributed by atoms with E-state index in [1.807, 2.05) is 30.5 Å². The van der Waals surface area contributed by atoms with Crippen molar-refractivity contribution in [3.05, 3.63) is 106 Å². The Bertz CT molecular complexity index is 2330. The van der Waals surface area contributed by atoms with Crippen LogP contribution in [-0.4, -0.2) is 86.9 Å². The summed E-state index contributed by atoms with van der Waals surface area (Å²) in [7, 11) is 1.58. The van der Waals surface area contributed by atoms with Gasteiger partial charge in [-0.05, 0) is 91.7 Å². The maximum atomic E-state index is 14.7. The third-order valence-electron chi connectivity index (χ3n) is 10.4. The van der Waals surface area contributed by atoms with Crippen molar-refractivity contribution < 1.29 is 24.3 Å². The summed E-state index contributed by atoms with van der Waals surface area (Å²) < 4.78 is 0. The predicted octanol–water partition coefficient (Wildman–Crippen LogP) is 5.29. The van der Waals surface area contributed by atoms with Crippen molar-refractivity contribution in [2.75, 3.05) is 20.1 Å². The number of aromatic nitrogens is 3. The Hall–Kier alpha value is -5.03. The number of benzene rings is 3. The van der Waals surface area contributed by atoms with Crippen LogP contribution in [0.3, 0.4) is 0 Å². The molecule has 17 heteroatoms. The SMILES string of the molecule is CN1C(=O)C(CCCCN)NC(=O)C(CCCN)NCc2nccnc2Sc2c(Cl)ccc(-c3ccc(C(=O)O)c(Cl)c3)c2CNC(=O)C1Cc1c[nH]c2ccccc12. The molecule has 0 spiro atoms. The number of hydrogen-bond donors (Lipinski definition) is 7. The Kier molecular flexibility index (Phi) is 15.0. The fourth-order valence-electron chi connectivity index (χ4n) is 7.17. The first-order valence-electron chi connectivity index (χ1n) is 19.4. The van der Waals surface area contributed by atoms with Crippen LogP contribution in [0.5, 0.6) is 0 Å². The van der Waals surface area contributed by atoms with Crippen LogP contribution in [0.4, 0.5) is 0 Å². The van der Waals surface area contributed by atoms with Gasteiger partial charge in [0.2, 0.25) is 17.7 Å². The molecule has 310 valence electrons. The number of carboxylic acid groups (broad SMARTS) is 1. The van der Waals surface area contributed by atoms with E-state index in [-0.39, 0.29) is 36.0 Å². The van der Waals surface area contributed by atoms with Crippen LogP contribution in [-0.2, 0) is 33.9 Å². The van der Waals surface area contributed by atoms with Crippen LogP contribution in [0.1, 0.15) is 59.3 Å². The first-order valence-corrected chi connectivity index (χ1v) is 20.9. The quantitative estimate of drug-likeness (QED) is 0.0846. The number of halogens is 2. The molecule has 5 aromatic rings. The van der Waals surface area contributed by atoms with Crippen molar-refractivity contribution in [1.82, 2.24) is 35.8 Å². The van der Waals surface area contributed by atoms with Crippen LogP contribution >= 0.6 is 35.0 Å². The number of nitrogens with two attached hydrogens (primary N) is 2. The van der Waals surface area contributed by atoms with Gasteiger partial charge >= 0.3 is 5.97 Å². The highest BCUT2D eigenvalue weighted by Crippen LogP contribution is 2.41. The number of amides is 3. The number of likely N-dealkylation sites (N-methyl/N-ethyl adjacent to an activating group) is 1. The number of H-pyrrole nitrogens is 1. The van der Waals surface area contributed by atoms with Crippen LogP contribution in [0, 0.1) is 0 Å². The van der Waals surface area contributed by atoms with E-state index in [0.717, 1.165) is 16.5 Å². The molecular weight excluding hydrogens is 813 g/mol. The lowest BCUT2D eigenvalue weighted by atomic mass is 9.97. The molecule has 6 rings (SSSR count). The highest BCUT2D eigenvalue weighted by atomic mass is 35.5. The Morgan fingerprint density at radius 2 is 1.68 bits per heavy atom. The molecule has 1 aliphatic rings. The van der Waals surface area contributed by atoms with Crippen LogP contribution in [0.2, 0.25) is 10.0 Å². The number of carbonyl (C=O) groups excluding carboxylic acids is 3. The molecule has 9 N–H and O–H groups in total. The predicted molar refractivity (Wildman–Crippen MR) is 229 cm³/mol. The largest absolute Gasteiger partial charge is 0.478 e. The van der Waals surface area contributed by atoms with Crippen molar-refractivity contribution in [1.29, 1.82) is 0 Å². The number of carbonyl (C=O) groups is 4. The normalized spacial score (nSPS) is 18.2. The number of aromatic carboxylic acids is 1. The van der Waals surface area contributed by atoms with E-state index >= 15 is 0 Å². The lowest BCUT2D eigenvalue weighted by Crippen LogP contribution is -2.57. The summed E-state index contributed by atoms with van der Waals surface area (Å²) in [6.45, 7) is 0.866. The van der Waals surface area contributed by atoms with Crippen LogP contribution < -0.4 is 27.4 Å². The highest BCUT2D eigenvalue weighted by Gasteiger charge is 2.34. The Morgan fingerprint density at radius 3 is 2.44 bits per heavy atom. The minimum absolute atomic E-state index is 0.0363. The van der Waals surface area contributed by atoms with Gasteiger partial charge in [-0.3, -0.25) is 19.4 Å². The molecule has 14 nitrogen and oxygen atoms in total. The van der Waals surface area contributed by atoms with E-state index in [2.05, 4.69) is 30.9 Å². The maximum absolute atomic E-state index is 14.7. The molecule has 0 radical (unpaired) electrons. The Labute approximate surface area is 356 Å². The van der Waals surface area contributed by atoms with Gasteiger partial charge in [0, 0.05) is 60.9 Å². The summed E-state index contributed by atoms with van der Waals surface area (Å²) >= 11 is 14.7. The van der Waals surface area contributed by atoms with Crippen molar-refractivity contribution in [2.45, 2.75) is 79.7 Å². The zero-order valence-electron chi connectivity index (χ0n) is 32.5. The first-order chi connectivity index (χ1) is 28.5. The number of unbranched alkanes of at least 4 members (excludes halogenated alkanes) is 1. The number of rotatable bonds is 11. The van der Waals surface area contributed by atoms with E-state index in [1.54, 1.807) is 43.7 Å². The average molecular weight is 861 g/mol. The number of fused-ring (bicyclic) bond motifs is 3. The standard InChI is InChI=1S/C42H47Cl2N9O5S/c1-53-36(20-25-21-49-32-8-3-2-7-27(25)32)39(55)51-22-29-26(24-11-12-28(42(57)58)31(44)19-24)13-14-30(43)37(29)59-40-35(47-17-18-48-40)23-50-33(10-6-16-46)38(54)52-34(41(53)56)9-4-5-15-45/h2-3,7-8,11-14,17-19,21,33-34,36,49-50H,4-6,9-10,15-16,20,22-23,45-46H2,1H3,(H,51,55)(H,52,54)(H,57,58). The molecule has 0 bridgehead atoms. The summed E-state index contributed by atoms with van der Waals surface area (Å²) in [5.74, 6) is -2.44. The van der Waals surface area contributed by atoms with Gasteiger partial charge in [0.1, 0.15) is 17.1 Å². The molecule has 3 aromatic carbocycles. The van der Waals surface area contributed by atoms with Gasteiger partial charge in [-0.15, -0.1) is 0 Å². The molecule has 3 unspecified atom stereocenters. The lowest BCUT2D eigenvalue weighted by molar-refractivity contribution is -0.142. The van der Waals surface area contributed by atoms with Gasteiger partial charge in [-0.1, -0.05) is 65.3 Å². The second-order valence-corrected chi connectivity index (χ2v) is 16.1. The molecule has 3 atom stereocenters. The smallest absolute Gasteiger partial charge is 0.337 e. The van der Waals surface area contributed by atoms with Gasteiger partial charge < -0.3 is 42.4 Å². The average Bonchev–Trinajstić information content (AvgIpc) is 3.64. The van der Waals surface area contributed by atoms with E-state index in [0.29, 0.717) is 82.5 Å². The van der Waals surface area contributed by atoms with E-state index in [1.165, 1.54) is 22.7 Å². The zero-order chi connectivity index (χ0) is 42.1. The van der Waals surface area contributed by atoms with E-state index in [4.69, 9.17) is 34.7 Å². The number of aromatic amines is 1. The highest BCUT2D eigenvalue weighted by molar-refractivity contribution is 7.99. The lowest BCUT2D eigenvalue weighted by Gasteiger charge is -2.32. The molecule has 0 saturated heterocycles. The topological polar surface area (TPSA) is 221 Å². The third kappa shape index (κ3) is 10.4. The number of nitrogens with zero attached hydrogens (tertiary/aromatic N) is 3.